The van der Waals surface area contributed by atoms with Gasteiger partial charge in [-0.05, 0) is 23.6 Å². The Morgan fingerprint density at radius 1 is 1.06 bits per heavy atom. The zero-order valence-electron chi connectivity index (χ0n) is 17.0. The first-order valence-corrected chi connectivity index (χ1v) is 9.17. The number of carbonyl (C=O) groups excluding carboxylic acids is 1. The molecule has 0 saturated carbocycles. The molecule has 1 atom stereocenters. The third-order valence-electron chi connectivity index (χ3n) is 4.21. The van der Waals surface area contributed by atoms with Crippen LogP contribution in [0.5, 0.6) is 5.75 Å². The van der Waals surface area contributed by atoms with Gasteiger partial charge in [-0.3, -0.25) is 9.59 Å². The lowest BCUT2D eigenvalue weighted by Gasteiger charge is -2.32. The quantitative estimate of drug-likeness (QED) is 0.567. The number of ether oxygens (including phenoxy) is 1. The summed E-state index contributed by atoms with van der Waals surface area (Å²) in [5, 5.41) is 19.1. The van der Waals surface area contributed by atoms with Gasteiger partial charge >= 0.3 is 12.3 Å². The number of carbonyl (C=O) groups is 2. The summed E-state index contributed by atoms with van der Waals surface area (Å²) in [7, 11) is 0. The van der Waals surface area contributed by atoms with Crippen molar-refractivity contribution in [3.05, 3.63) is 54.1 Å². The van der Waals surface area contributed by atoms with Crippen molar-refractivity contribution in [1.29, 1.82) is 0 Å². The van der Waals surface area contributed by atoms with Crippen LogP contribution in [0, 0.1) is 5.92 Å². The second-order valence-corrected chi connectivity index (χ2v) is 6.76. The van der Waals surface area contributed by atoms with Crippen LogP contribution in [0.15, 0.2) is 43.0 Å². The van der Waals surface area contributed by atoms with E-state index in [0.29, 0.717) is 11.1 Å². The lowest BCUT2D eigenvalue weighted by Crippen LogP contribution is -2.33. The van der Waals surface area contributed by atoms with Crippen molar-refractivity contribution in [2.75, 3.05) is 6.54 Å². The first-order valence-electron chi connectivity index (χ1n) is 9.17. The number of halogens is 3. The van der Waals surface area contributed by atoms with Gasteiger partial charge < -0.3 is 20.7 Å². The molecule has 1 heterocycles. The molecule has 0 amide bonds. The number of aliphatic carboxylic acids is 1. The number of alkyl halides is 3. The lowest BCUT2D eigenvalue weighted by molar-refractivity contribution is -0.274. The maximum absolute atomic E-state index is 12.2. The fourth-order valence-electron chi connectivity index (χ4n) is 2.59. The Hall–Kier alpha value is -3.05. The molecule has 0 aliphatic carbocycles. The van der Waals surface area contributed by atoms with E-state index in [1.165, 1.54) is 43.0 Å². The van der Waals surface area contributed by atoms with Crippen molar-refractivity contribution < 1.29 is 37.7 Å². The van der Waals surface area contributed by atoms with Gasteiger partial charge in [0, 0.05) is 24.4 Å². The molecule has 8 nitrogen and oxygen atoms in total. The van der Waals surface area contributed by atoms with Gasteiger partial charge in [-0.25, -0.2) is 9.97 Å². The van der Waals surface area contributed by atoms with E-state index < -0.39 is 17.9 Å². The summed E-state index contributed by atoms with van der Waals surface area (Å²) in [6, 6.07) is 5.13. The van der Waals surface area contributed by atoms with Crippen LogP contribution in [0.4, 0.5) is 13.2 Å². The molecule has 31 heavy (non-hydrogen) atoms. The van der Waals surface area contributed by atoms with Crippen molar-refractivity contribution in [2.24, 2.45) is 11.7 Å². The summed E-state index contributed by atoms with van der Waals surface area (Å²) in [5.74, 6) is -1.76. The average molecular weight is 443 g/mol. The number of benzene rings is 1. The zero-order valence-corrected chi connectivity index (χ0v) is 17.0. The lowest BCUT2D eigenvalue weighted by atomic mass is 9.79. The van der Waals surface area contributed by atoms with E-state index in [4.69, 9.17) is 10.8 Å². The number of ketones is 1. The number of aliphatic hydroxyl groups is 1. The molecule has 11 heteroatoms. The van der Waals surface area contributed by atoms with Crippen LogP contribution in [0.1, 0.15) is 37.8 Å². The van der Waals surface area contributed by atoms with Crippen LogP contribution in [0.25, 0.3) is 0 Å². The van der Waals surface area contributed by atoms with Crippen molar-refractivity contribution in [3.63, 3.8) is 0 Å². The van der Waals surface area contributed by atoms with Gasteiger partial charge in [0.2, 0.25) is 0 Å². The maximum atomic E-state index is 12.2. The van der Waals surface area contributed by atoms with Crippen molar-refractivity contribution >= 4 is 11.8 Å². The van der Waals surface area contributed by atoms with Crippen molar-refractivity contribution in [2.45, 2.75) is 38.7 Å². The van der Waals surface area contributed by atoms with Crippen LogP contribution in [0.3, 0.4) is 0 Å². The monoisotopic (exact) mass is 443 g/mol. The van der Waals surface area contributed by atoms with Gasteiger partial charge in [-0.15, -0.1) is 13.2 Å². The summed E-state index contributed by atoms with van der Waals surface area (Å²) < 4.78 is 40.4. The second-order valence-electron chi connectivity index (χ2n) is 6.76. The Balaban J connectivity index is 0.000000452. The topological polar surface area (TPSA) is 136 Å². The molecule has 2 aromatic rings. The molecule has 0 bridgehead atoms. The summed E-state index contributed by atoms with van der Waals surface area (Å²) in [6.45, 7) is 3.54. The molecule has 0 aliphatic heterocycles. The van der Waals surface area contributed by atoms with Gasteiger partial charge in [-0.2, -0.15) is 0 Å². The Labute approximate surface area is 176 Å². The number of rotatable bonds is 8. The normalized spacial score (nSPS) is 13.0. The largest absolute Gasteiger partial charge is 0.573 e. The van der Waals surface area contributed by atoms with E-state index in [-0.39, 0.29) is 36.8 Å². The highest BCUT2D eigenvalue weighted by Crippen LogP contribution is 2.37. The predicted molar refractivity (Wildman–Crippen MR) is 104 cm³/mol. The molecular weight excluding hydrogens is 419 g/mol. The molecule has 0 saturated heterocycles. The van der Waals surface area contributed by atoms with Crippen LogP contribution in [0.2, 0.25) is 0 Å². The highest BCUT2D eigenvalue weighted by atomic mass is 19.4. The molecule has 2 rings (SSSR count). The van der Waals surface area contributed by atoms with Gasteiger partial charge in [-0.1, -0.05) is 26.0 Å². The summed E-state index contributed by atoms with van der Waals surface area (Å²) in [4.78, 5) is 27.9. The number of nitrogens with zero attached hydrogens (tertiary/aromatic N) is 2. The number of carboxylic acid groups (broad SMARTS) is 1. The molecule has 1 aromatic carbocycles. The summed E-state index contributed by atoms with van der Waals surface area (Å²) in [6.07, 6.45) is -0.518. The first-order chi connectivity index (χ1) is 14.4. The zero-order chi connectivity index (χ0) is 23.7. The number of hydrogen-bond donors (Lipinski definition) is 3. The number of nitrogens with two attached hydrogens (primary N) is 1. The smallest absolute Gasteiger partial charge is 0.481 e. The van der Waals surface area contributed by atoms with E-state index in [1.807, 2.05) is 0 Å². The molecule has 170 valence electrons. The van der Waals surface area contributed by atoms with Gasteiger partial charge in [0.25, 0.3) is 0 Å². The molecule has 0 spiro atoms. The molecule has 0 radical (unpaired) electrons. The van der Waals surface area contributed by atoms with E-state index in [9.17, 15) is 27.9 Å². The SMILES string of the molecule is CC(C)C(O)(c1ccc(OC(F)(F)F)cc1)c1cncnc1.NCC(=O)CCC(=O)O. The summed E-state index contributed by atoms with van der Waals surface area (Å²) in [5.41, 5.74) is 4.42. The van der Waals surface area contributed by atoms with Gasteiger partial charge in [0.1, 0.15) is 23.5 Å². The highest BCUT2D eigenvalue weighted by molar-refractivity contribution is 5.83. The fourth-order valence-corrected chi connectivity index (χ4v) is 2.59. The molecule has 0 fully saturated rings. The third kappa shape index (κ3) is 8.30. The standard InChI is InChI=1S/C15H15F3N2O2.C5H9NO3/c1-10(2)14(21,12-7-19-9-20-8-12)11-3-5-13(6-4-11)22-15(16,17)18;6-3-4(7)1-2-5(8)9/h3-10,21H,1-2H3;1-3,6H2,(H,8,9). The second kappa shape index (κ2) is 11.4. The van der Waals surface area contributed by atoms with Gasteiger partial charge in [0.15, 0.2) is 0 Å². The Kier molecular flexibility index (Phi) is 9.53. The Morgan fingerprint density at radius 3 is 2.03 bits per heavy atom. The van der Waals surface area contributed by atoms with E-state index in [0.717, 1.165) is 0 Å². The van der Waals surface area contributed by atoms with Crippen LogP contribution in [-0.2, 0) is 15.2 Å². The van der Waals surface area contributed by atoms with Crippen LogP contribution < -0.4 is 10.5 Å². The van der Waals surface area contributed by atoms with E-state index >= 15 is 0 Å². The van der Waals surface area contributed by atoms with Crippen molar-refractivity contribution in [3.8, 4) is 5.75 Å². The van der Waals surface area contributed by atoms with E-state index in [2.05, 4.69) is 14.7 Å². The van der Waals surface area contributed by atoms with E-state index in [1.54, 1.807) is 13.8 Å². The molecule has 1 unspecified atom stereocenters. The molecular formula is C20H24F3N3O5. The van der Waals surface area contributed by atoms with Crippen LogP contribution >= 0.6 is 0 Å². The summed E-state index contributed by atoms with van der Waals surface area (Å²) >= 11 is 0. The predicted octanol–water partition coefficient (Wildman–Crippen LogP) is 2.65. The number of Topliss-reactive ketones (excluding diaryl/α,β-unsaturated/α-hetero) is 1. The minimum absolute atomic E-state index is 0.0475. The molecule has 1 aromatic heterocycles. The molecule has 4 N–H and O–H groups in total. The average Bonchev–Trinajstić information content (AvgIpc) is 2.71. The molecule has 0 aliphatic rings. The minimum Gasteiger partial charge on any atom is -0.481 e. The first kappa shape index (κ1) is 26.0. The van der Waals surface area contributed by atoms with Crippen LogP contribution in [-0.4, -0.2) is 44.8 Å². The van der Waals surface area contributed by atoms with Crippen molar-refractivity contribution in [1.82, 2.24) is 9.97 Å². The maximum Gasteiger partial charge on any atom is 0.573 e. The number of hydrogen-bond acceptors (Lipinski definition) is 7. The number of carboxylic acids is 1. The van der Waals surface area contributed by atoms with Gasteiger partial charge in [0.05, 0.1) is 13.0 Å². The Morgan fingerprint density at radius 2 is 1.61 bits per heavy atom. The third-order valence-corrected chi connectivity index (χ3v) is 4.21. The Bertz CT molecular complexity index is 845. The highest BCUT2D eigenvalue weighted by Gasteiger charge is 2.36. The number of aromatic nitrogens is 2. The minimum atomic E-state index is -4.75. The fraction of sp³-hybridized carbons (Fsp3) is 0.400.